The van der Waals surface area contributed by atoms with Crippen LogP contribution in [-0.4, -0.2) is 54.0 Å². The second-order valence-corrected chi connectivity index (χ2v) is 6.03. The van der Waals surface area contributed by atoms with Gasteiger partial charge in [0.25, 0.3) is 0 Å². The predicted molar refractivity (Wildman–Crippen MR) is 62.2 cm³/mol. The summed E-state index contributed by atoms with van der Waals surface area (Å²) in [5, 5.41) is 9.35. The van der Waals surface area contributed by atoms with Crippen molar-refractivity contribution in [2.24, 2.45) is 11.3 Å². The molecular formula is C12H19NO5. The molecule has 2 rings (SSSR count). The second kappa shape index (κ2) is 4.12. The van der Waals surface area contributed by atoms with Crippen LogP contribution in [0.4, 0.5) is 4.79 Å². The fourth-order valence-corrected chi connectivity index (χ4v) is 2.50. The summed E-state index contributed by atoms with van der Waals surface area (Å²) in [6, 6.07) is 0. The number of ether oxygens (including phenoxy) is 2. The van der Waals surface area contributed by atoms with Gasteiger partial charge in [0.1, 0.15) is 11.0 Å². The quantitative estimate of drug-likeness (QED) is 0.757. The third-order valence-electron chi connectivity index (χ3n) is 3.45. The molecule has 0 aromatic carbocycles. The lowest BCUT2D eigenvalue weighted by Crippen LogP contribution is -2.41. The minimum absolute atomic E-state index is 0.137. The van der Waals surface area contributed by atoms with Gasteiger partial charge in [-0.2, -0.15) is 0 Å². The topological polar surface area (TPSA) is 76.1 Å². The summed E-state index contributed by atoms with van der Waals surface area (Å²) in [4.78, 5) is 24.8. The Kier molecular flexibility index (Phi) is 3.01. The van der Waals surface area contributed by atoms with Crippen molar-refractivity contribution >= 4 is 12.1 Å². The van der Waals surface area contributed by atoms with E-state index in [0.29, 0.717) is 13.2 Å². The van der Waals surface area contributed by atoms with Crippen LogP contribution in [0.5, 0.6) is 0 Å². The zero-order chi connectivity index (χ0) is 13.6. The summed E-state index contributed by atoms with van der Waals surface area (Å²) >= 11 is 0. The highest BCUT2D eigenvalue weighted by atomic mass is 16.6. The molecule has 0 bridgehead atoms. The molecule has 2 aliphatic heterocycles. The maximum absolute atomic E-state index is 11.9. The summed E-state index contributed by atoms with van der Waals surface area (Å²) in [5.74, 6) is -1.03. The first-order chi connectivity index (χ1) is 8.24. The first-order valence-corrected chi connectivity index (χ1v) is 6.04. The van der Waals surface area contributed by atoms with Crippen LogP contribution in [0.2, 0.25) is 0 Å². The van der Waals surface area contributed by atoms with E-state index in [1.165, 1.54) is 4.90 Å². The number of carboxylic acids is 1. The minimum atomic E-state index is -0.948. The molecule has 0 radical (unpaired) electrons. The number of likely N-dealkylation sites (tertiary alicyclic amines) is 1. The van der Waals surface area contributed by atoms with Gasteiger partial charge in [-0.15, -0.1) is 0 Å². The highest BCUT2D eigenvalue weighted by molar-refractivity contribution is 5.79. The standard InChI is InChI=1S/C12H19NO5/c1-11(2,3)18-10(16)13-4-8-5-17-7-12(8,6-13)9(14)15/h8H,4-7H2,1-3H3,(H,14,15)/t8-,12+/m1/s1. The van der Waals surface area contributed by atoms with Gasteiger partial charge in [-0.05, 0) is 20.8 Å². The van der Waals surface area contributed by atoms with Crippen molar-refractivity contribution in [3.63, 3.8) is 0 Å². The maximum atomic E-state index is 11.9. The normalized spacial score (nSPS) is 31.3. The van der Waals surface area contributed by atoms with E-state index in [9.17, 15) is 14.7 Å². The maximum Gasteiger partial charge on any atom is 0.410 e. The molecule has 1 N–H and O–H groups in total. The number of carbonyl (C=O) groups is 2. The van der Waals surface area contributed by atoms with Gasteiger partial charge in [-0.1, -0.05) is 0 Å². The lowest BCUT2D eigenvalue weighted by Gasteiger charge is -2.25. The fraction of sp³-hybridized carbons (Fsp3) is 0.833. The molecule has 2 aliphatic rings. The Hall–Kier alpha value is -1.30. The third kappa shape index (κ3) is 2.16. The molecule has 102 valence electrons. The Labute approximate surface area is 106 Å². The number of aliphatic carboxylic acids is 1. The molecule has 6 nitrogen and oxygen atoms in total. The van der Waals surface area contributed by atoms with Crippen molar-refractivity contribution in [1.82, 2.24) is 4.90 Å². The molecule has 0 saturated carbocycles. The molecule has 0 unspecified atom stereocenters. The van der Waals surface area contributed by atoms with E-state index < -0.39 is 23.1 Å². The number of amides is 1. The Morgan fingerprint density at radius 1 is 1.44 bits per heavy atom. The van der Waals surface area contributed by atoms with Crippen molar-refractivity contribution < 1.29 is 24.2 Å². The van der Waals surface area contributed by atoms with E-state index in [4.69, 9.17) is 9.47 Å². The van der Waals surface area contributed by atoms with Crippen LogP contribution in [-0.2, 0) is 14.3 Å². The molecular weight excluding hydrogens is 238 g/mol. The minimum Gasteiger partial charge on any atom is -0.481 e. The first-order valence-electron chi connectivity index (χ1n) is 6.04. The average molecular weight is 257 g/mol. The molecule has 1 amide bonds. The Balaban J connectivity index is 2.08. The van der Waals surface area contributed by atoms with Crippen LogP contribution in [0.15, 0.2) is 0 Å². The van der Waals surface area contributed by atoms with Crippen LogP contribution in [0.1, 0.15) is 20.8 Å². The lowest BCUT2D eigenvalue weighted by atomic mass is 9.81. The molecule has 0 spiro atoms. The van der Waals surface area contributed by atoms with Gasteiger partial charge in [0.2, 0.25) is 0 Å². The van der Waals surface area contributed by atoms with Crippen molar-refractivity contribution in [3.8, 4) is 0 Å². The summed E-state index contributed by atoms with van der Waals surface area (Å²) in [6.07, 6.45) is -0.447. The number of hydrogen-bond donors (Lipinski definition) is 1. The van der Waals surface area contributed by atoms with Gasteiger partial charge in [0, 0.05) is 19.0 Å². The number of hydrogen-bond acceptors (Lipinski definition) is 4. The number of carboxylic acid groups (broad SMARTS) is 1. The van der Waals surface area contributed by atoms with Crippen molar-refractivity contribution in [1.29, 1.82) is 0 Å². The SMILES string of the molecule is CC(C)(C)OC(=O)N1C[C@@H]2COC[C@@]2(C(=O)O)C1. The summed E-state index contributed by atoms with van der Waals surface area (Å²) in [7, 11) is 0. The van der Waals surface area contributed by atoms with E-state index in [0.717, 1.165) is 0 Å². The molecule has 2 fully saturated rings. The molecule has 2 atom stereocenters. The van der Waals surface area contributed by atoms with Gasteiger partial charge in [0.15, 0.2) is 0 Å². The average Bonchev–Trinajstić information content (AvgIpc) is 2.69. The molecule has 0 aliphatic carbocycles. The third-order valence-corrected chi connectivity index (χ3v) is 3.45. The van der Waals surface area contributed by atoms with Crippen molar-refractivity contribution in [2.45, 2.75) is 26.4 Å². The Morgan fingerprint density at radius 3 is 2.61 bits per heavy atom. The molecule has 2 heterocycles. The van der Waals surface area contributed by atoms with Crippen molar-refractivity contribution in [3.05, 3.63) is 0 Å². The zero-order valence-electron chi connectivity index (χ0n) is 10.9. The van der Waals surface area contributed by atoms with Gasteiger partial charge in [0.05, 0.1) is 13.2 Å². The first kappa shape index (κ1) is 13.1. The monoisotopic (exact) mass is 257 g/mol. The second-order valence-electron chi connectivity index (χ2n) is 6.03. The number of nitrogens with zero attached hydrogens (tertiary/aromatic N) is 1. The highest BCUT2D eigenvalue weighted by Gasteiger charge is 2.57. The van der Waals surface area contributed by atoms with Crippen LogP contribution < -0.4 is 0 Å². The van der Waals surface area contributed by atoms with Gasteiger partial charge >= 0.3 is 12.1 Å². The van der Waals surface area contributed by atoms with E-state index in [-0.39, 0.29) is 19.1 Å². The van der Waals surface area contributed by atoms with Crippen LogP contribution in [0, 0.1) is 11.3 Å². The number of carbonyl (C=O) groups excluding carboxylic acids is 1. The Bertz CT molecular complexity index is 375. The molecule has 0 aromatic rings. The van der Waals surface area contributed by atoms with Crippen molar-refractivity contribution in [2.75, 3.05) is 26.3 Å². The molecule has 0 aromatic heterocycles. The molecule has 18 heavy (non-hydrogen) atoms. The zero-order valence-corrected chi connectivity index (χ0v) is 10.9. The number of rotatable bonds is 1. The van der Waals surface area contributed by atoms with E-state index >= 15 is 0 Å². The largest absolute Gasteiger partial charge is 0.481 e. The predicted octanol–water partition coefficient (Wildman–Crippen LogP) is 0.954. The summed E-state index contributed by atoms with van der Waals surface area (Å²) in [6.45, 7) is 6.49. The molecule has 6 heteroatoms. The summed E-state index contributed by atoms with van der Waals surface area (Å²) < 4.78 is 10.5. The van der Waals surface area contributed by atoms with Gasteiger partial charge < -0.3 is 19.5 Å². The van der Waals surface area contributed by atoms with Gasteiger partial charge in [-0.25, -0.2) is 4.79 Å². The Morgan fingerprint density at radius 2 is 2.11 bits per heavy atom. The van der Waals surface area contributed by atoms with Crippen LogP contribution in [0.3, 0.4) is 0 Å². The van der Waals surface area contributed by atoms with E-state index in [1.807, 2.05) is 0 Å². The van der Waals surface area contributed by atoms with Crippen LogP contribution >= 0.6 is 0 Å². The molecule has 2 saturated heterocycles. The van der Waals surface area contributed by atoms with E-state index in [1.54, 1.807) is 20.8 Å². The lowest BCUT2D eigenvalue weighted by molar-refractivity contribution is -0.149. The number of fused-ring (bicyclic) bond motifs is 1. The van der Waals surface area contributed by atoms with E-state index in [2.05, 4.69) is 0 Å². The fourth-order valence-electron chi connectivity index (χ4n) is 2.50. The van der Waals surface area contributed by atoms with Gasteiger partial charge in [-0.3, -0.25) is 4.79 Å². The van der Waals surface area contributed by atoms with Crippen LogP contribution in [0.25, 0.3) is 0 Å². The summed E-state index contributed by atoms with van der Waals surface area (Å²) in [5.41, 5.74) is -1.52. The smallest absolute Gasteiger partial charge is 0.410 e. The highest BCUT2D eigenvalue weighted by Crippen LogP contribution is 2.41.